The van der Waals surface area contributed by atoms with Gasteiger partial charge in [0.05, 0.1) is 12.5 Å². The number of ether oxygens (including phenoxy) is 1. The minimum atomic E-state index is -0.704. The minimum absolute atomic E-state index is 0.279. The first-order chi connectivity index (χ1) is 9.59. The van der Waals surface area contributed by atoms with Crippen LogP contribution in [-0.2, 0) is 16.6 Å². The maximum Gasteiger partial charge on any atom is 0.130 e. The number of hydrogen-bond acceptors (Lipinski definition) is 2. The predicted octanol–water partition coefficient (Wildman–Crippen LogP) is 3.53. The van der Waals surface area contributed by atoms with Crippen molar-refractivity contribution in [3.05, 3.63) is 65.5 Å². The lowest BCUT2D eigenvalue weighted by Crippen LogP contribution is -2.27. The van der Waals surface area contributed by atoms with Crippen LogP contribution in [0.5, 0.6) is 5.75 Å². The molecule has 1 atom stereocenters. The average Bonchev–Trinajstić information content (AvgIpc) is 2.49. The molecule has 0 spiro atoms. The highest BCUT2D eigenvalue weighted by Gasteiger charge is 2.29. The van der Waals surface area contributed by atoms with Gasteiger partial charge in [0.2, 0.25) is 0 Å². The second-order valence-electron chi connectivity index (χ2n) is 5.04. The van der Waals surface area contributed by atoms with Gasteiger partial charge in [-0.2, -0.15) is 0 Å². The lowest BCUT2D eigenvalue weighted by atomic mass is 9.78. The number of rotatable bonds is 5. The average molecular weight is 272 g/mol. The van der Waals surface area contributed by atoms with Crippen LogP contribution in [0.25, 0.3) is 0 Å². The van der Waals surface area contributed by atoms with E-state index in [1.165, 1.54) is 12.1 Å². The van der Waals surface area contributed by atoms with Gasteiger partial charge < -0.3 is 9.53 Å². The topological polar surface area (TPSA) is 26.3 Å². The summed E-state index contributed by atoms with van der Waals surface area (Å²) in [4.78, 5) is 11.6. The smallest absolute Gasteiger partial charge is 0.130 e. The zero-order chi connectivity index (χ0) is 14.6. The first-order valence-electron chi connectivity index (χ1n) is 6.43. The number of benzene rings is 2. The summed E-state index contributed by atoms with van der Waals surface area (Å²) in [6.45, 7) is 1.86. The van der Waals surface area contributed by atoms with Crippen LogP contribution >= 0.6 is 0 Å². The summed E-state index contributed by atoms with van der Waals surface area (Å²) < 4.78 is 18.3. The summed E-state index contributed by atoms with van der Waals surface area (Å²) in [5.41, 5.74) is 1.04. The van der Waals surface area contributed by atoms with Crippen LogP contribution in [0.1, 0.15) is 18.1 Å². The number of carbonyl (C=O) groups excluding carboxylic acids is 1. The molecule has 0 bridgehead atoms. The molecule has 104 valence electrons. The van der Waals surface area contributed by atoms with Crippen LogP contribution in [-0.4, -0.2) is 13.4 Å². The molecule has 0 amide bonds. The van der Waals surface area contributed by atoms with Crippen molar-refractivity contribution >= 4 is 6.29 Å². The summed E-state index contributed by atoms with van der Waals surface area (Å²) in [6.07, 6.45) is 1.42. The summed E-state index contributed by atoms with van der Waals surface area (Å²) in [6, 6.07) is 13.7. The first-order valence-corrected chi connectivity index (χ1v) is 6.43. The van der Waals surface area contributed by atoms with E-state index in [0.717, 1.165) is 17.4 Å². The van der Waals surface area contributed by atoms with Crippen LogP contribution in [0.4, 0.5) is 4.39 Å². The van der Waals surface area contributed by atoms with E-state index in [0.29, 0.717) is 12.2 Å². The van der Waals surface area contributed by atoms with Gasteiger partial charge in [-0.1, -0.05) is 30.3 Å². The molecule has 2 aromatic rings. The molecular weight excluding hydrogens is 255 g/mol. The molecule has 0 aliphatic carbocycles. The Morgan fingerprint density at radius 1 is 1.15 bits per heavy atom. The van der Waals surface area contributed by atoms with E-state index in [9.17, 15) is 9.18 Å². The van der Waals surface area contributed by atoms with E-state index in [1.807, 2.05) is 31.2 Å². The number of aldehydes is 1. The molecule has 2 rings (SSSR count). The number of carbonyl (C=O) groups is 1. The van der Waals surface area contributed by atoms with Crippen LogP contribution in [0, 0.1) is 5.82 Å². The SMILES string of the molecule is COc1ccccc1C(C)(C=O)Cc1ccc(F)cc1. The highest BCUT2D eigenvalue weighted by atomic mass is 19.1. The maximum absolute atomic E-state index is 13.0. The number of hydrogen-bond donors (Lipinski definition) is 0. The van der Waals surface area contributed by atoms with Crippen LogP contribution in [0.2, 0.25) is 0 Å². The fourth-order valence-electron chi connectivity index (χ4n) is 2.34. The van der Waals surface area contributed by atoms with Crippen LogP contribution in [0.15, 0.2) is 48.5 Å². The van der Waals surface area contributed by atoms with Crippen LogP contribution < -0.4 is 4.74 Å². The highest BCUT2D eigenvalue weighted by molar-refractivity contribution is 5.70. The third-order valence-corrected chi connectivity index (χ3v) is 3.47. The van der Waals surface area contributed by atoms with Gasteiger partial charge in [0.25, 0.3) is 0 Å². The van der Waals surface area contributed by atoms with E-state index < -0.39 is 5.41 Å². The molecule has 3 heteroatoms. The van der Waals surface area contributed by atoms with Crippen molar-refractivity contribution in [1.29, 1.82) is 0 Å². The molecule has 0 aliphatic rings. The molecule has 0 saturated heterocycles. The van der Waals surface area contributed by atoms with E-state index in [-0.39, 0.29) is 5.82 Å². The minimum Gasteiger partial charge on any atom is -0.496 e. The van der Waals surface area contributed by atoms with E-state index in [1.54, 1.807) is 19.2 Å². The monoisotopic (exact) mass is 272 g/mol. The summed E-state index contributed by atoms with van der Waals surface area (Å²) in [5.74, 6) is 0.406. The normalized spacial score (nSPS) is 13.6. The molecular formula is C17H17FO2. The molecule has 2 aromatic carbocycles. The Bertz CT molecular complexity index is 592. The molecule has 0 N–H and O–H groups in total. The van der Waals surface area contributed by atoms with Gasteiger partial charge in [0, 0.05) is 5.56 Å². The number of halogens is 1. The molecule has 0 aromatic heterocycles. The molecule has 1 unspecified atom stereocenters. The Kier molecular flexibility index (Phi) is 4.18. The first kappa shape index (κ1) is 14.3. The molecule has 2 nitrogen and oxygen atoms in total. The van der Waals surface area contributed by atoms with Crippen molar-refractivity contribution in [3.8, 4) is 5.75 Å². The van der Waals surface area contributed by atoms with Gasteiger partial charge in [0.15, 0.2) is 0 Å². The van der Waals surface area contributed by atoms with Gasteiger partial charge in [-0.3, -0.25) is 0 Å². The van der Waals surface area contributed by atoms with Gasteiger partial charge in [-0.15, -0.1) is 0 Å². The van der Waals surface area contributed by atoms with Gasteiger partial charge in [-0.05, 0) is 37.1 Å². The highest BCUT2D eigenvalue weighted by Crippen LogP contribution is 2.33. The molecule has 0 aliphatic heterocycles. The molecule has 0 saturated carbocycles. The maximum atomic E-state index is 13.0. The molecule has 20 heavy (non-hydrogen) atoms. The largest absolute Gasteiger partial charge is 0.496 e. The summed E-state index contributed by atoms with van der Waals surface area (Å²) in [5, 5.41) is 0. The lowest BCUT2D eigenvalue weighted by Gasteiger charge is -2.25. The second-order valence-corrected chi connectivity index (χ2v) is 5.04. The van der Waals surface area contributed by atoms with Crippen molar-refractivity contribution in [2.45, 2.75) is 18.8 Å². The molecule has 0 radical (unpaired) electrons. The Morgan fingerprint density at radius 2 is 1.80 bits per heavy atom. The summed E-state index contributed by atoms with van der Waals surface area (Å²) >= 11 is 0. The van der Waals surface area contributed by atoms with Crippen molar-refractivity contribution in [2.24, 2.45) is 0 Å². The zero-order valence-electron chi connectivity index (χ0n) is 11.6. The van der Waals surface area contributed by atoms with Gasteiger partial charge >= 0.3 is 0 Å². The van der Waals surface area contributed by atoms with E-state index >= 15 is 0 Å². The lowest BCUT2D eigenvalue weighted by molar-refractivity contribution is -0.112. The standard InChI is InChI=1S/C17H17FO2/c1-17(12-19,11-13-7-9-14(18)10-8-13)15-5-3-4-6-16(15)20-2/h3-10,12H,11H2,1-2H3. The fourth-order valence-corrected chi connectivity index (χ4v) is 2.34. The van der Waals surface area contributed by atoms with Gasteiger partial charge in [-0.25, -0.2) is 4.39 Å². The Hall–Kier alpha value is -2.16. The number of methoxy groups -OCH3 is 1. The third-order valence-electron chi connectivity index (χ3n) is 3.47. The molecule has 0 heterocycles. The fraction of sp³-hybridized carbons (Fsp3) is 0.235. The van der Waals surface area contributed by atoms with Crippen molar-refractivity contribution in [3.63, 3.8) is 0 Å². The second kappa shape index (κ2) is 5.87. The predicted molar refractivity (Wildman–Crippen MR) is 76.5 cm³/mol. The van der Waals surface area contributed by atoms with Crippen molar-refractivity contribution in [1.82, 2.24) is 0 Å². The van der Waals surface area contributed by atoms with Crippen molar-refractivity contribution in [2.75, 3.05) is 7.11 Å². The van der Waals surface area contributed by atoms with E-state index in [2.05, 4.69) is 0 Å². The van der Waals surface area contributed by atoms with E-state index in [4.69, 9.17) is 4.74 Å². The quantitative estimate of drug-likeness (QED) is 0.778. The van der Waals surface area contributed by atoms with Gasteiger partial charge in [0.1, 0.15) is 17.9 Å². The Balaban J connectivity index is 2.38. The Morgan fingerprint density at radius 3 is 2.40 bits per heavy atom. The van der Waals surface area contributed by atoms with Crippen LogP contribution in [0.3, 0.4) is 0 Å². The Labute approximate surface area is 118 Å². The zero-order valence-corrected chi connectivity index (χ0v) is 11.6. The van der Waals surface area contributed by atoms with Crippen molar-refractivity contribution < 1.29 is 13.9 Å². The number of para-hydroxylation sites is 1. The summed E-state index contributed by atoms with van der Waals surface area (Å²) in [7, 11) is 1.59. The molecule has 0 fully saturated rings. The third kappa shape index (κ3) is 2.87.